The van der Waals surface area contributed by atoms with Crippen LogP contribution in [0, 0.1) is 5.92 Å². The van der Waals surface area contributed by atoms with Gasteiger partial charge in [-0.3, -0.25) is 4.79 Å². The molecule has 0 radical (unpaired) electrons. The lowest BCUT2D eigenvalue weighted by atomic mass is 10.0. The number of aliphatic hydroxyl groups is 1. The molecule has 3 heteroatoms. The Morgan fingerprint density at radius 2 is 1.88 bits per heavy atom. The van der Waals surface area contributed by atoms with Gasteiger partial charge in [0.2, 0.25) is 0 Å². The van der Waals surface area contributed by atoms with Gasteiger partial charge in [0.05, 0.1) is 12.6 Å². The highest BCUT2D eigenvalue weighted by Crippen LogP contribution is 2.07. The van der Waals surface area contributed by atoms with Gasteiger partial charge in [0, 0.05) is 5.56 Å². The molecule has 1 aromatic rings. The number of nitrogens with one attached hydrogen (secondary N) is 1. The third-order valence-electron chi connectivity index (χ3n) is 2.94. The molecule has 1 unspecified atom stereocenters. The van der Waals surface area contributed by atoms with Crippen LogP contribution in [-0.2, 0) is 6.42 Å². The van der Waals surface area contributed by atoms with Gasteiger partial charge in [0.1, 0.15) is 0 Å². The van der Waals surface area contributed by atoms with E-state index in [1.807, 2.05) is 38.1 Å². The molecule has 1 aromatic carbocycles. The summed E-state index contributed by atoms with van der Waals surface area (Å²) in [6.07, 6.45) is 0.965. The van der Waals surface area contributed by atoms with E-state index in [1.165, 1.54) is 5.56 Å². The summed E-state index contributed by atoms with van der Waals surface area (Å²) in [5.74, 6) is 0.0965. The van der Waals surface area contributed by atoms with Gasteiger partial charge in [-0.2, -0.15) is 0 Å². The number of hydrogen-bond donors (Lipinski definition) is 2. The summed E-state index contributed by atoms with van der Waals surface area (Å²) in [5.41, 5.74) is 1.85. The molecule has 0 saturated heterocycles. The molecule has 0 bridgehead atoms. The third kappa shape index (κ3) is 3.86. The van der Waals surface area contributed by atoms with Crippen molar-refractivity contribution in [3.8, 4) is 0 Å². The zero-order valence-electron chi connectivity index (χ0n) is 10.7. The summed E-state index contributed by atoms with van der Waals surface area (Å²) in [6.45, 7) is 5.99. The van der Waals surface area contributed by atoms with Crippen molar-refractivity contribution in [1.82, 2.24) is 5.32 Å². The number of aliphatic hydroxyl groups excluding tert-OH is 1. The first kappa shape index (κ1) is 13.7. The first-order valence-corrected chi connectivity index (χ1v) is 6.09. The Morgan fingerprint density at radius 3 is 2.29 bits per heavy atom. The zero-order valence-corrected chi connectivity index (χ0v) is 10.7. The van der Waals surface area contributed by atoms with Crippen molar-refractivity contribution in [2.45, 2.75) is 33.2 Å². The number of carbonyl (C=O) groups excluding carboxylic acids is 1. The normalized spacial score (nSPS) is 12.5. The minimum atomic E-state index is -0.187. The fourth-order valence-corrected chi connectivity index (χ4v) is 1.57. The minimum Gasteiger partial charge on any atom is -0.394 e. The Morgan fingerprint density at radius 1 is 1.29 bits per heavy atom. The Bertz CT molecular complexity index is 357. The maximum Gasteiger partial charge on any atom is 0.251 e. The van der Waals surface area contributed by atoms with E-state index >= 15 is 0 Å². The average molecular weight is 235 g/mol. The van der Waals surface area contributed by atoms with Crippen molar-refractivity contribution < 1.29 is 9.90 Å². The predicted octanol–water partition coefficient (Wildman–Crippen LogP) is 2.00. The fourth-order valence-electron chi connectivity index (χ4n) is 1.57. The molecule has 0 fully saturated rings. The van der Waals surface area contributed by atoms with E-state index in [0.717, 1.165) is 6.42 Å². The van der Waals surface area contributed by atoms with Crippen molar-refractivity contribution >= 4 is 5.91 Å². The van der Waals surface area contributed by atoms with E-state index in [0.29, 0.717) is 5.56 Å². The van der Waals surface area contributed by atoms with Crippen LogP contribution in [0.25, 0.3) is 0 Å². The van der Waals surface area contributed by atoms with Crippen LogP contribution in [-0.4, -0.2) is 23.7 Å². The van der Waals surface area contributed by atoms with E-state index in [-0.39, 0.29) is 24.5 Å². The average Bonchev–Trinajstić information content (AvgIpc) is 2.35. The lowest BCUT2D eigenvalue weighted by molar-refractivity contribution is 0.0897. The van der Waals surface area contributed by atoms with Gasteiger partial charge in [0.25, 0.3) is 5.91 Å². The van der Waals surface area contributed by atoms with Gasteiger partial charge < -0.3 is 10.4 Å². The highest BCUT2D eigenvalue weighted by atomic mass is 16.3. The van der Waals surface area contributed by atoms with Crippen LogP contribution in [0.3, 0.4) is 0 Å². The van der Waals surface area contributed by atoms with E-state index in [1.54, 1.807) is 0 Å². The van der Waals surface area contributed by atoms with Crippen molar-refractivity contribution in [1.29, 1.82) is 0 Å². The van der Waals surface area contributed by atoms with Crippen molar-refractivity contribution in [2.24, 2.45) is 5.92 Å². The molecule has 17 heavy (non-hydrogen) atoms. The van der Waals surface area contributed by atoms with Crippen LogP contribution in [0.5, 0.6) is 0 Å². The Balaban J connectivity index is 2.68. The maximum atomic E-state index is 11.9. The molecule has 0 heterocycles. The number of hydrogen-bond acceptors (Lipinski definition) is 2. The van der Waals surface area contributed by atoms with Crippen LogP contribution < -0.4 is 5.32 Å². The number of rotatable bonds is 5. The predicted molar refractivity (Wildman–Crippen MR) is 69.0 cm³/mol. The zero-order chi connectivity index (χ0) is 12.8. The summed E-state index contributed by atoms with van der Waals surface area (Å²) in [7, 11) is 0. The van der Waals surface area contributed by atoms with Crippen molar-refractivity contribution in [3.63, 3.8) is 0 Å². The maximum absolute atomic E-state index is 11.9. The highest BCUT2D eigenvalue weighted by molar-refractivity contribution is 5.94. The number of benzene rings is 1. The smallest absolute Gasteiger partial charge is 0.251 e. The molecule has 0 aromatic heterocycles. The molecule has 0 aliphatic heterocycles. The Hall–Kier alpha value is -1.35. The molecule has 94 valence electrons. The quantitative estimate of drug-likeness (QED) is 0.820. The van der Waals surface area contributed by atoms with Gasteiger partial charge in [-0.25, -0.2) is 0 Å². The van der Waals surface area contributed by atoms with E-state index in [9.17, 15) is 4.79 Å². The molecule has 2 N–H and O–H groups in total. The van der Waals surface area contributed by atoms with Gasteiger partial charge in [0.15, 0.2) is 0 Å². The SMILES string of the molecule is CCc1ccc(C(=O)NC(CO)C(C)C)cc1. The van der Waals surface area contributed by atoms with Crippen LogP contribution in [0.15, 0.2) is 24.3 Å². The van der Waals surface area contributed by atoms with Crippen LogP contribution in [0.2, 0.25) is 0 Å². The summed E-state index contributed by atoms with van der Waals surface area (Å²) >= 11 is 0. The van der Waals surface area contributed by atoms with E-state index in [4.69, 9.17) is 5.11 Å². The van der Waals surface area contributed by atoms with Crippen molar-refractivity contribution in [2.75, 3.05) is 6.61 Å². The summed E-state index contributed by atoms with van der Waals surface area (Å²) in [6, 6.07) is 7.37. The fraction of sp³-hybridized carbons (Fsp3) is 0.500. The van der Waals surface area contributed by atoms with Gasteiger partial charge in [-0.1, -0.05) is 32.9 Å². The monoisotopic (exact) mass is 235 g/mol. The van der Waals surface area contributed by atoms with Gasteiger partial charge in [-0.05, 0) is 30.0 Å². The minimum absolute atomic E-state index is 0.0313. The lowest BCUT2D eigenvalue weighted by Crippen LogP contribution is -2.41. The number of carbonyl (C=O) groups is 1. The molecule has 0 aliphatic carbocycles. The standard InChI is InChI=1S/C14H21NO2/c1-4-11-5-7-12(8-6-11)14(17)15-13(9-16)10(2)3/h5-8,10,13,16H,4,9H2,1-3H3,(H,15,17). The second-order valence-corrected chi connectivity index (χ2v) is 4.56. The molecule has 0 spiro atoms. The van der Waals surface area contributed by atoms with Crippen LogP contribution in [0.1, 0.15) is 36.7 Å². The summed E-state index contributed by atoms with van der Waals surface area (Å²) in [5, 5.41) is 12.0. The lowest BCUT2D eigenvalue weighted by Gasteiger charge is -2.19. The van der Waals surface area contributed by atoms with Gasteiger partial charge >= 0.3 is 0 Å². The van der Waals surface area contributed by atoms with Crippen LogP contribution >= 0.6 is 0 Å². The molecule has 1 atom stereocenters. The Kier molecular flexibility index (Phi) is 5.16. The molecule has 0 saturated carbocycles. The second-order valence-electron chi connectivity index (χ2n) is 4.56. The Labute approximate surface area is 103 Å². The topological polar surface area (TPSA) is 49.3 Å². The molecule has 1 amide bonds. The molecule has 0 aliphatic rings. The first-order valence-electron chi connectivity index (χ1n) is 6.09. The van der Waals surface area contributed by atoms with E-state index < -0.39 is 0 Å². The van der Waals surface area contributed by atoms with Gasteiger partial charge in [-0.15, -0.1) is 0 Å². The molecule has 3 nitrogen and oxygen atoms in total. The second kappa shape index (κ2) is 6.40. The molecular weight excluding hydrogens is 214 g/mol. The van der Waals surface area contributed by atoms with Crippen molar-refractivity contribution in [3.05, 3.63) is 35.4 Å². The number of aryl methyl sites for hydroxylation is 1. The molecular formula is C14H21NO2. The summed E-state index contributed by atoms with van der Waals surface area (Å²) in [4.78, 5) is 11.9. The highest BCUT2D eigenvalue weighted by Gasteiger charge is 2.15. The number of amides is 1. The van der Waals surface area contributed by atoms with E-state index in [2.05, 4.69) is 12.2 Å². The third-order valence-corrected chi connectivity index (χ3v) is 2.94. The first-order chi connectivity index (χ1) is 8.08. The molecule has 1 rings (SSSR count). The largest absolute Gasteiger partial charge is 0.394 e. The van der Waals surface area contributed by atoms with Crippen LogP contribution in [0.4, 0.5) is 0 Å². The summed E-state index contributed by atoms with van der Waals surface area (Å²) < 4.78 is 0.